The maximum absolute atomic E-state index is 10.8. The zero-order valence-corrected chi connectivity index (χ0v) is 12.8. The number of nitrogens with zero attached hydrogens (tertiary/aromatic N) is 1. The first kappa shape index (κ1) is 15.8. The van der Waals surface area contributed by atoms with Crippen LogP contribution in [0.1, 0.15) is 48.9 Å². The molecular formula is C17H25NO3. The molecule has 1 fully saturated rings. The van der Waals surface area contributed by atoms with Gasteiger partial charge in [-0.15, -0.1) is 0 Å². The molecule has 0 radical (unpaired) electrons. The fourth-order valence-electron chi connectivity index (χ4n) is 2.88. The van der Waals surface area contributed by atoms with Crippen molar-refractivity contribution in [2.45, 2.75) is 44.6 Å². The van der Waals surface area contributed by atoms with Gasteiger partial charge in [0.15, 0.2) is 0 Å². The summed E-state index contributed by atoms with van der Waals surface area (Å²) in [4.78, 5) is 13.2. The van der Waals surface area contributed by atoms with Crippen molar-refractivity contribution >= 4 is 5.97 Å². The lowest BCUT2D eigenvalue weighted by Gasteiger charge is -2.26. The van der Waals surface area contributed by atoms with Crippen molar-refractivity contribution in [3.8, 4) is 5.75 Å². The molecule has 0 saturated heterocycles. The Hall–Kier alpha value is -1.55. The largest absolute Gasteiger partial charge is 0.492 e. The molecule has 0 unspecified atom stereocenters. The lowest BCUT2D eigenvalue weighted by Crippen LogP contribution is -2.34. The predicted molar refractivity (Wildman–Crippen MR) is 83.0 cm³/mol. The van der Waals surface area contributed by atoms with Crippen molar-refractivity contribution in [1.29, 1.82) is 0 Å². The van der Waals surface area contributed by atoms with Crippen molar-refractivity contribution in [2.75, 3.05) is 20.2 Å². The fourth-order valence-corrected chi connectivity index (χ4v) is 2.88. The molecule has 0 aliphatic heterocycles. The van der Waals surface area contributed by atoms with Crippen molar-refractivity contribution < 1.29 is 14.6 Å². The van der Waals surface area contributed by atoms with Gasteiger partial charge in [0.1, 0.15) is 12.4 Å². The molecule has 0 aromatic heterocycles. The van der Waals surface area contributed by atoms with Crippen molar-refractivity contribution in [3.05, 3.63) is 29.8 Å². The molecule has 1 aromatic rings. The third-order valence-corrected chi connectivity index (χ3v) is 4.26. The third-order valence-electron chi connectivity index (χ3n) is 4.26. The molecule has 2 rings (SSSR count). The van der Waals surface area contributed by atoms with Crippen LogP contribution in [0.4, 0.5) is 0 Å². The molecule has 4 nitrogen and oxygen atoms in total. The Balaban J connectivity index is 1.74. The summed E-state index contributed by atoms with van der Waals surface area (Å²) >= 11 is 0. The fraction of sp³-hybridized carbons (Fsp3) is 0.588. The maximum atomic E-state index is 10.8. The lowest BCUT2D eigenvalue weighted by atomic mass is 10.1. The van der Waals surface area contributed by atoms with Gasteiger partial charge < -0.3 is 14.7 Å². The number of hydrogen-bond acceptors (Lipinski definition) is 3. The molecule has 1 N–H and O–H groups in total. The van der Waals surface area contributed by atoms with E-state index in [-0.39, 0.29) is 5.56 Å². The minimum Gasteiger partial charge on any atom is -0.492 e. The van der Waals surface area contributed by atoms with Gasteiger partial charge in [-0.05, 0) is 44.2 Å². The van der Waals surface area contributed by atoms with E-state index in [1.807, 2.05) is 0 Å². The summed E-state index contributed by atoms with van der Waals surface area (Å²) in [5.74, 6) is -0.177. The molecule has 1 aliphatic carbocycles. The molecular weight excluding hydrogens is 266 g/mol. The van der Waals surface area contributed by atoms with Crippen LogP contribution >= 0.6 is 0 Å². The Kier molecular flexibility index (Phi) is 6.05. The highest BCUT2D eigenvalue weighted by molar-refractivity contribution is 5.87. The van der Waals surface area contributed by atoms with Crippen LogP contribution in [0.15, 0.2) is 24.3 Å². The number of carboxylic acids is 1. The van der Waals surface area contributed by atoms with Crippen molar-refractivity contribution in [2.24, 2.45) is 0 Å². The van der Waals surface area contributed by atoms with Crippen LogP contribution in [0.25, 0.3) is 0 Å². The Morgan fingerprint density at radius 2 is 1.81 bits per heavy atom. The molecule has 21 heavy (non-hydrogen) atoms. The van der Waals surface area contributed by atoms with Gasteiger partial charge in [0.2, 0.25) is 0 Å². The standard InChI is InChI=1S/C17H25NO3/c1-18(15-6-4-2-3-5-7-15)12-13-21-16-10-8-14(9-11-16)17(19)20/h8-11,15H,2-7,12-13H2,1H3,(H,19,20). The Morgan fingerprint density at radius 1 is 1.19 bits per heavy atom. The van der Waals surface area contributed by atoms with Gasteiger partial charge in [-0.3, -0.25) is 0 Å². The number of carbonyl (C=O) groups is 1. The second kappa shape index (κ2) is 8.03. The molecule has 4 heteroatoms. The zero-order chi connectivity index (χ0) is 15.1. The molecule has 1 saturated carbocycles. The van der Waals surface area contributed by atoms with E-state index < -0.39 is 5.97 Å². The summed E-state index contributed by atoms with van der Waals surface area (Å²) < 4.78 is 5.70. The number of aromatic carboxylic acids is 1. The molecule has 0 atom stereocenters. The highest BCUT2D eigenvalue weighted by atomic mass is 16.5. The number of ether oxygens (including phenoxy) is 1. The van der Waals surface area contributed by atoms with E-state index in [0.717, 1.165) is 12.3 Å². The second-order valence-corrected chi connectivity index (χ2v) is 5.80. The van der Waals surface area contributed by atoms with E-state index in [1.165, 1.54) is 38.5 Å². The number of hydrogen-bond donors (Lipinski definition) is 1. The Bertz CT molecular complexity index is 436. The van der Waals surface area contributed by atoms with Crippen molar-refractivity contribution in [1.82, 2.24) is 4.90 Å². The van der Waals surface area contributed by atoms with Crippen LogP contribution < -0.4 is 4.74 Å². The van der Waals surface area contributed by atoms with Gasteiger partial charge in [0.05, 0.1) is 5.56 Å². The van der Waals surface area contributed by atoms with E-state index >= 15 is 0 Å². The normalized spacial score (nSPS) is 16.7. The number of likely N-dealkylation sites (N-methyl/N-ethyl adjacent to an activating group) is 1. The van der Waals surface area contributed by atoms with Gasteiger partial charge in [-0.2, -0.15) is 0 Å². The summed E-state index contributed by atoms with van der Waals surface area (Å²) in [6, 6.07) is 7.27. The molecule has 1 aliphatic rings. The highest BCUT2D eigenvalue weighted by Crippen LogP contribution is 2.21. The van der Waals surface area contributed by atoms with E-state index in [4.69, 9.17) is 9.84 Å². The van der Waals surface area contributed by atoms with Crippen molar-refractivity contribution in [3.63, 3.8) is 0 Å². The van der Waals surface area contributed by atoms with E-state index in [0.29, 0.717) is 12.6 Å². The summed E-state index contributed by atoms with van der Waals surface area (Å²) in [5, 5.41) is 8.84. The Labute approximate surface area is 126 Å². The Morgan fingerprint density at radius 3 is 2.38 bits per heavy atom. The molecule has 1 aromatic carbocycles. The molecule has 0 heterocycles. The SMILES string of the molecule is CN(CCOc1ccc(C(=O)O)cc1)C1CCCCCC1. The van der Waals surface area contributed by atoms with E-state index in [2.05, 4.69) is 11.9 Å². The van der Waals surface area contributed by atoms with E-state index in [1.54, 1.807) is 24.3 Å². The first-order chi connectivity index (χ1) is 10.2. The van der Waals surface area contributed by atoms with Crippen LogP contribution in [-0.4, -0.2) is 42.2 Å². The van der Waals surface area contributed by atoms with Gasteiger partial charge in [-0.25, -0.2) is 4.79 Å². The average Bonchev–Trinajstić information content (AvgIpc) is 2.77. The van der Waals surface area contributed by atoms with Crippen LogP contribution in [0.5, 0.6) is 5.75 Å². The number of benzene rings is 1. The second-order valence-electron chi connectivity index (χ2n) is 5.80. The lowest BCUT2D eigenvalue weighted by molar-refractivity contribution is 0.0697. The van der Waals surface area contributed by atoms with Gasteiger partial charge in [0, 0.05) is 12.6 Å². The summed E-state index contributed by atoms with van der Waals surface area (Å²) in [5.41, 5.74) is 0.290. The molecule has 0 bridgehead atoms. The summed E-state index contributed by atoms with van der Waals surface area (Å²) in [6.45, 7) is 1.55. The van der Waals surface area contributed by atoms with Gasteiger partial charge in [-0.1, -0.05) is 25.7 Å². The minimum absolute atomic E-state index is 0.290. The van der Waals surface area contributed by atoms with Crippen LogP contribution in [0.2, 0.25) is 0 Å². The predicted octanol–water partition coefficient (Wildman–Crippen LogP) is 3.42. The van der Waals surface area contributed by atoms with Crippen LogP contribution in [0, 0.1) is 0 Å². The maximum Gasteiger partial charge on any atom is 0.335 e. The number of rotatable bonds is 6. The quantitative estimate of drug-likeness (QED) is 0.816. The van der Waals surface area contributed by atoms with Gasteiger partial charge in [0.25, 0.3) is 0 Å². The average molecular weight is 291 g/mol. The molecule has 116 valence electrons. The first-order valence-electron chi connectivity index (χ1n) is 7.83. The molecule has 0 amide bonds. The van der Waals surface area contributed by atoms with Gasteiger partial charge >= 0.3 is 5.97 Å². The summed E-state index contributed by atoms with van der Waals surface area (Å²) in [6.07, 6.45) is 8.01. The monoisotopic (exact) mass is 291 g/mol. The smallest absolute Gasteiger partial charge is 0.335 e. The van der Waals surface area contributed by atoms with Crippen LogP contribution in [-0.2, 0) is 0 Å². The topological polar surface area (TPSA) is 49.8 Å². The highest BCUT2D eigenvalue weighted by Gasteiger charge is 2.16. The molecule has 0 spiro atoms. The first-order valence-corrected chi connectivity index (χ1v) is 7.83. The summed E-state index contributed by atoms with van der Waals surface area (Å²) in [7, 11) is 2.17. The number of carboxylic acid groups (broad SMARTS) is 1. The van der Waals surface area contributed by atoms with Crippen LogP contribution in [0.3, 0.4) is 0 Å². The third kappa shape index (κ3) is 5.05. The minimum atomic E-state index is -0.908. The van der Waals surface area contributed by atoms with E-state index in [9.17, 15) is 4.79 Å². The zero-order valence-electron chi connectivity index (χ0n) is 12.8.